The van der Waals surface area contributed by atoms with Crippen molar-refractivity contribution in [2.45, 2.75) is 39.0 Å². The summed E-state index contributed by atoms with van der Waals surface area (Å²) in [6.07, 6.45) is 1.61. The zero-order chi connectivity index (χ0) is 19.8. The summed E-state index contributed by atoms with van der Waals surface area (Å²) in [6.45, 7) is 7.87. The summed E-state index contributed by atoms with van der Waals surface area (Å²) >= 11 is 0. The second kappa shape index (κ2) is 10.4. The molecule has 3 rings (SSSR count). The first-order chi connectivity index (χ1) is 13.7. The summed E-state index contributed by atoms with van der Waals surface area (Å²) in [5.74, 6) is 1.06. The zero-order valence-electron chi connectivity index (χ0n) is 17.0. The van der Waals surface area contributed by atoms with Crippen LogP contribution in [0.2, 0.25) is 0 Å². The standard InChI is InChI=1S/C21H32N4O3/c1-3-22-21(23-15-17-6-8-18(9-7-17)16-27-2)25-12-10-24(11-13-25)20(26)19-5-4-14-28-19/h6-9,19H,3-5,10-16H2,1-2H3,(H,22,23). The van der Waals surface area contributed by atoms with Crippen LogP contribution in [0.5, 0.6) is 0 Å². The van der Waals surface area contributed by atoms with E-state index in [-0.39, 0.29) is 12.0 Å². The topological polar surface area (TPSA) is 66.4 Å². The molecule has 0 saturated carbocycles. The van der Waals surface area contributed by atoms with Crippen LogP contribution in [0.4, 0.5) is 0 Å². The van der Waals surface area contributed by atoms with Gasteiger partial charge >= 0.3 is 0 Å². The Morgan fingerprint density at radius 3 is 2.46 bits per heavy atom. The molecule has 1 atom stereocenters. The predicted molar refractivity (Wildman–Crippen MR) is 109 cm³/mol. The van der Waals surface area contributed by atoms with Gasteiger partial charge in [0.2, 0.25) is 0 Å². The lowest BCUT2D eigenvalue weighted by Gasteiger charge is -2.37. The molecule has 7 heteroatoms. The maximum Gasteiger partial charge on any atom is 0.251 e. The van der Waals surface area contributed by atoms with Gasteiger partial charge in [-0.05, 0) is 30.9 Å². The monoisotopic (exact) mass is 388 g/mol. The third-order valence-corrected chi connectivity index (χ3v) is 5.18. The van der Waals surface area contributed by atoms with E-state index in [2.05, 4.69) is 41.4 Å². The number of rotatable bonds is 6. The van der Waals surface area contributed by atoms with E-state index in [1.54, 1.807) is 7.11 Å². The van der Waals surface area contributed by atoms with Gasteiger partial charge in [-0.2, -0.15) is 0 Å². The van der Waals surface area contributed by atoms with Gasteiger partial charge in [-0.3, -0.25) is 4.79 Å². The fourth-order valence-corrected chi connectivity index (χ4v) is 3.61. The molecule has 0 bridgehead atoms. The number of guanidine groups is 1. The highest BCUT2D eigenvalue weighted by atomic mass is 16.5. The number of benzene rings is 1. The molecule has 0 radical (unpaired) electrons. The summed E-state index contributed by atoms with van der Waals surface area (Å²) in [4.78, 5) is 21.5. The van der Waals surface area contributed by atoms with Crippen molar-refractivity contribution >= 4 is 11.9 Å². The van der Waals surface area contributed by atoms with E-state index in [0.717, 1.165) is 57.1 Å². The third kappa shape index (κ3) is 5.45. The molecule has 7 nitrogen and oxygen atoms in total. The number of hydrogen-bond donors (Lipinski definition) is 1. The van der Waals surface area contributed by atoms with E-state index in [0.29, 0.717) is 19.8 Å². The number of nitrogens with one attached hydrogen (secondary N) is 1. The van der Waals surface area contributed by atoms with Crippen LogP contribution in [0.25, 0.3) is 0 Å². The quantitative estimate of drug-likeness (QED) is 0.593. The molecule has 2 fully saturated rings. The van der Waals surface area contributed by atoms with Crippen molar-refractivity contribution in [2.24, 2.45) is 4.99 Å². The van der Waals surface area contributed by atoms with Crippen LogP contribution in [0.3, 0.4) is 0 Å². The molecule has 28 heavy (non-hydrogen) atoms. The van der Waals surface area contributed by atoms with Gasteiger partial charge in [-0.15, -0.1) is 0 Å². The Kier molecular flexibility index (Phi) is 7.68. The van der Waals surface area contributed by atoms with Gasteiger partial charge in [0.1, 0.15) is 6.10 Å². The number of aliphatic imine (C=N–C) groups is 1. The van der Waals surface area contributed by atoms with E-state index < -0.39 is 0 Å². The minimum atomic E-state index is -0.227. The number of nitrogens with zero attached hydrogens (tertiary/aromatic N) is 3. The van der Waals surface area contributed by atoms with Gasteiger partial charge in [0.25, 0.3) is 5.91 Å². The number of carbonyl (C=O) groups excluding carboxylic acids is 1. The second-order valence-corrected chi connectivity index (χ2v) is 7.23. The molecular formula is C21H32N4O3. The molecule has 1 amide bonds. The average Bonchev–Trinajstić information content (AvgIpc) is 3.27. The third-order valence-electron chi connectivity index (χ3n) is 5.18. The number of hydrogen-bond acceptors (Lipinski definition) is 4. The Morgan fingerprint density at radius 1 is 1.18 bits per heavy atom. The van der Waals surface area contributed by atoms with Crippen LogP contribution in [-0.2, 0) is 27.4 Å². The van der Waals surface area contributed by atoms with Crippen molar-refractivity contribution in [1.29, 1.82) is 0 Å². The van der Waals surface area contributed by atoms with Crippen molar-refractivity contribution in [1.82, 2.24) is 15.1 Å². The summed E-state index contributed by atoms with van der Waals surface area (Å²) in [6, 6.07) is 8.35. The summed E-state index contributed by atoms with van der Waals surface area (Å²) in [7, 11) is 1.70. The minimum Gasteiger partial charge on any atom is -0.380 e. The van der Waals surface area contributed by atoms with Crippen molar-refractivity contribution in [3.05, 3.63) is 35.4 Å². The van der Waals surface area contributed by atoms with Crippen molar-refractivity contribution in [3.63, 3.8) is 0 Å². The first-order valence-electron chi connectivity index (χ1n) is 10.2. The summed E-state index contributed by atoms with van der Waals surface area (Å²) in [5, 5.41) is 3.38. The molecule has 1 aromatic rings. The molecule has 1 unspecified atom stereocenters. The Labute approximate surface area is 167 Å². The normalized spacial score (nSPS) is 20.5. The Morgan fingerprint density at radius 2 is 1.86 bits per heavy atom. The van der Waals surface area contributed by atoms with Gasteiger partial charge in [0, 0.05) is 46.4 Å². The van der Waals surface area contributed by atoms with Gasteiger partial charge < -0.3 is 24.6 Å². The number of carbonyl (C=O) groups is 1. The van der Waals surface area contributed by atoms with Crippen LogP contribution >= 0.6 is 0 Å². The Hall–Kier alpha value is -2.12. The minimum absolute atomic E-state index is 0.148. The van der Waals surface area contributed by atoms with E-state index >= 15 is 0 Å². The zero-order valence-corrected chi connectivity index (χ0v) is 17.0. The Balaban J connectivity index is 1.54. The van der Waals surface area contributed by atoms with E-state index in [1.807, 2.05) is 4.90 Å². The highest BCUT2D eigenvalue weighted by molar-refractivity contribution is 5.82. The predicted octanol–water partition coefficient (Wildman–Crippen LogP) is 1.62. The highest BCUT2D eigenvalue weighted by Crippen LogP contribution is 2.16. The van der Waals surface area contributed by atoms with Crippen LogP contribution < -0.4 is 5.32 Å². The molecule has 1 N–H and O–H groups in total. The molecular weight excluding hydrogens is 356 g/mol. The molecule has 2 aliphatic heterocycles. The molecule has 2 heterocycles. The second-order valence-electron chi connectivity index (χ2n) is 7.23. The van der Waals surface area contributed by atoms with Crippen LogP contribution in [0.1, 0.15) is 30.9 Å². The maximum absolute atomic E-state index is 12.5. The van der Waals surface area contributed by atoms with Crippen LogP contribution in [0.15, 0.2) is 29.3 Å². The number of methoxy groups -OCH3 is 1. The molecule has 154 valence electrons. The Bertz CT molecular complexity index is 648. The lowest BCUT2D eigenvalue weighted by atomic mass is 10.1. The van der Waals surface area contributed by atoms with E-state index in [1.165, 1.54) is 5.56 Å². The van der Waals surface area contributed by atoms with Gasteiger partial charge in [0.05, 0.1) is 13.2 Å². The SMILES string of the molecule is CCNC(=NCc1ccc(COC)cc1)N1CCN(C(=O)C2CCCO2)CC1. The van der Waals surface area contributed by atoms with Gasteiger partial charge in [0.15, 0.2) is 5.96 Å². The molecule has 2 aliphatic rings. The molecule has 1 aromatic carbocycles. The lowest BCUT2D eigenvalue weighted by molar-refractivity contribution is -0.142. The first-order valence-corrected chi connectivity index (χ1v) is 10.2. The maximum atomic E-state index is 12.5. The van der Waals surface area contributed by atoms with Gasteiger partial charge in [-0.1, -0.05) is 24.3 Å². The average molecular weight is 389 g/mol. The number of amides is 1. The first kappa shape index (κ1) is 20.6. The summed E-state index contributed by atoms with van der Waals surface area (Å²) < 4.78 is 10.7. The lowest BCUT2D eigenvalue weighted by Crippen LogP contribution is -2.55. The molecule has 0 aliphatic carbocycles. The largest absolute Gasteiger partial charge is 0.380 e. The van der Waals surface area contributed by atoms with Crippen LogP contribution in [-0.4, -0.2) is 74.2 Å². The van der Waals surface area contributed by atoms with Crippen molar-refractivity contribution in [2.75, 3.05) is 46.4 Å². The number of piperazine rings is 1. The number of ether oxygens (including phenoxy) is 2. The molecule has 0 spiro atoms. The van der Waals surface area contributed by atoms with Crippen LogP contribution in [0, 0.1) is 0 Å². The van der Waals surface area contributed by atoms with Crippen molar-refractivity contribution < 1.29 is 14.3 Å². The fourth-order valence-electron chi connectivity index (χ4n) is 3.61. The van der Waals surface area contributed by atoms with Crippen molar-refractivity contribution in [3.8, 4) is 0 Å². The fraction of sp³-hybridized carbons (Fsp3) is 0.619. The molecule has 0 aromatic heterocycles. The van der Waals surface area contributed by atoms with Gasteiger partial charge in [-0.25, -0.2) is 4.99 Å². The van der Waals surface area contributed by atoms with E-state index in [9.17, 15) is 4.79 Å². The smallest absolute Gasteiger partial charge is 0.251 e. The highest BCUT2D eigenvalue weighted by Gasteiger charge is 2.30. The van der Waals surface area contributed by atoms with E-state index in [4.69, 9.17) is 14.5 Å². The molecule has 2 saturated heterocycles. The summed E-state index contributed by atoms with van der Waals surface area (Å²) in [5.41, 5.74) is 2.33.